The highest BCUT2D eigenvalue weighted by Crippen LogP contribution is 2.35. The number of nitrogens with zero attached hydrogens (tertiary/aromatic N) is 1. The SMILES string of the molecule is CCCCc1cc(=O)oc2c3c(ccc12)OCN(c1cccc(OC)c1)C3. The van der Waals surface area contributed by atoms with Crippen LogP contribution in [0.15, 0.2) is 51.7 Å². The minimum atomic E-state index is -0.305. The van der Waals surface area contributed by atoms with Gasteiger partial charge < -0.3 is 18.8 Å². The Morgan fingerprint density at radius 3 is 2.89 bits per heavy atom. The lowest BCUT2D eigenvalue weighted by Crippen LogP contribution is -2.32. The van der Waals surface area contributed by atoms with Gasteiger partial charge in [0.05, 0.1) is 19.2 Å². The molecule has 1 aliphatic heterocycles. The Hall–Kier alpha value is -2.95. The maximum atomic E-state index is 12.2. The molecule has 5 nitrogen and oxygen atoms in total. The van der Waals surface area contributed by atoms with Crippen molar-refractivity contribution in [3.05, 3.63) is 64.0 Å². The Labute approximate surface area is 158 Å². The van der Waals surface area contributed by atoms with Crippen LogP contribution in [0.25, 0.3) is 11.0 Å². The van der Waals surface area contributed by atoms with Crippen LogP contribution in [0.2, 0.25) is 0 Å². The Bertz CT molecular complexity index is 1020. The quantitative estimate of drug-likeness (QED) is 0.623. The summed E-state index contributed by atoms with van der Waals surface area (Å²) < 4.78 is 16.9. The van der Waals surface area contributed by atoms with Gasteiger partial charge in [0.25, 0.3) is 0 Å². The number of anilines is 1. The first-order valence-corrected chi connectivity index (χ1v) is 9.30. The van der Waals surface area contributed by atoms with Gasteiger partial charge in [0, 0.05) is 23.2 Å². The number of aryl methyl sites for hydroxylation is 1. The fourth-order valence-electron chi connectivity index (χ4n) is 3.55. The van der Waals surface area contributed by atoms with E-state index in [-0.39, 0.29) is 5.63 Å². The lowest BCUT2D eigenvalue weighted by Gasteiger charge is -2.31. The van der Waals surface area contributed by atoms with Crippen LogP contribution < -0.4 is 20.0 Å². The Balaban J connectivity index is 1.77. The number of benzene rings is 2. The number of unbranched alkanes of at least 4 members (excludes halogenated alkanes) is 1. The first kappa shape index (κ1) is 17.5. The van der Waals surface area contributed by atoms with E-state index in [0.717, 1.165) is 53.0 Å². The molecule has 0 bridgehead atoms. The second-order valence-corrected chi connectivity index (χ2v) is 6.79. The standard InChI is InChI=1S/C22H23NO4/c1-3-4-6-15-11-21(24)27-22-18(15)9-10-20-19(22)13-23(14-26-20)16-7-5-8-17(12-16)25-2/h5,7-12H,3-4,6,13-14H2,1-2H3. The molecule has 0 unspecified atom stereocenters. The van der Waals surface area contributed by atoms with Crippen molar-refractivity contribution in [2.24, 2.45) is 0 Å². The summed E-state index contributed by atoms with van der Waals surface area (Å²) in [6, 6.07) is 13.5. The zero-order valence-electron chi connectivity index (χ0n) is 15.7. The molecule has 0 aliphatic carbocycles. The third-order valence-corrected chi connectivity index (χ3v) is 5.00. The van der Waals surface area contributed by atoms with Gasteiger partial charge in [-0.25, -0.2) is 4.79 Å². The predicted octanol–water partition coefficient (Wildman–Crippen LogP) is 4.50. The number of fused-ring (bicyclic) bond motifs is 3. The average molecular weight is 365 g/mol. The van der Waals surface area contributed by atoms with Gasteiger partial charge in [0.15, 0.2) is 6.73 Å². The number of rotatable bonds is 5. The summed E-state index contributed by atoms with van der Waals surface area (Å²) in [6.45, 7) is 3.20. The molecular weight excluding hydrogens is 342 g/mol. The molecule has 140 valence electrons. The van der Waals surface area contributed by atoms with E-state index in [1.165, 1.54) is 0 Å². The topological polar surface area (TPSA) is 51.9 Å². The first-order chi connectivity index (χ1) is 13.2. The van der Waals surface area contributed by atoms with Gasteiger partial charge in [-0.05, 0) is 42.7 Å². The molecule has 2 aromatic carbocycles. The lowest BCUT2D eigenvalue weighted by molar-refractivity contribution is 0.289. The second kappa shape index (κ2) is 7.35. The van der Waals surface area contributed by atoms with Crippen molar-refractivity contribution < 1.29 is 13.9 Å². The van der Waals surface area contributed by atoms with E-state index in [4.69, 9.17) is 13.9 Å². The van der Waals surface area contributed by atoms with E-state index in [9.17, 15) is 4.79 Å². The molecule has 0 fully saturated rings. The minimum Gasteiger partial charge on any atom is -0.497 e. The van der Waals surface area contributed by atoms with Crippen LogP contribution in [0.3, 0.4) is 0 Å². The predicted molar refractivity (Wildman–Crippen MR) is 106 cm³/mol. The summed E-state index contributed by atoms with van der Waals surface area (Å²) in [5.74, 6) is 1.57. The smallest absolute Gasteiger partial charge is 0.336 e. The van der Waals surface area contributed by atoms with Crippen molar-refractivity contribution in [2.75, 3.05) is 18.7 Å². The van der Waals surface area contributed by atoms with Crippen molar-refractivity contribution in [3.8, 4) is 11.5 Å². The van der Waals surface area contributed by atoms with E-state index in [2.05, 4.69) is 11.8 Å². The molecule has 1 aromatic heterocycles. The lowest BCUT2D eigenvalue weighted by atomic mass is 10.0. The highest BCUT2D eigenvalue weighted by atomic mass is 16.5. The number of hydrogen-bond donors (Lipinski definition) is 0. The Kier molecular flexibility index (Phi) is 4.75. The van der Waals surface area contributed by atoms with E-state index < -0.39 is 0 Å². The van der Waals surface area contributed by atoms with E-state index in [1.807, 2.05) is 36.4 Å². The zero-order chi connectivity index (χ0) is 18.8. The number of hydrogen-bond acceptors (Lipinski definition) is 5. The molecule has 27 heavy (non-hydrogen) atoms. The van der Waals surface area contributed by atoms with Crippen LogP contribution in [0.4, 0.5) is 5.69 Å². The van der Waals surface area contributed by atoms with Gasteiger partial charge in [-0.1, -0.05) is 19.4 Å². The summed E-state index contributed by atoms with van der Waals surface area (Å²) in [5.41, 5.74) is 3.29. The van der Waals surface area contributed by atoms with Crippen LogP contribution in [0, 0.1) is 0 Å². The van der Waals surface area contributed by atoms with Crippen molar-refractivity contribution >= 4 is 16.7 Å². The third kappa shape index (κ3) is 3.37. The maximum absolute atomic E-state index is 12.2. The van der Waals surface area contributed by atoms with Crippen molar-refractivity contribution in [1.29, 1.82) is 0 Å². The first-order valence-electron chi connectivity index (χ1n) is 9.30. The fourth-order valence-corrected chi connectivity index (χ4v) is 3.55. The summed E-state index contributed by atoms with van der Waals surface area (Å²) in [6.07, 6.45) is 3.00. The van der Waals surface area contributed by atoms with Gasteiger partial charge in [-0.3, -0.25) is 0 Å². The minimum absolute atomic E-state index is 0.305. The highest BCUT2D eigenvalue weighted by Gasteiger charge is 2.23. The van der Waals surface area contributed by atoms with Crippen molar-refractivity contribution in [3.63, 3.8) is 0 Å². The Morgan fingerprint density at radius 2 is 2.07 bits per heavy atom. The summed E-state index contributed by atoms with van der Waals surface area (Å²) in [7, 11) is 1.65. The van der Waals surface area contributed by atoms with Gasteiger partial charge in [-0.15, -0.1) is 0 Å². The second-order valence-electron chi connectivity index (χ2n) is 6.79. The molecule has 4 rings (SSSR count). The normalized spacial score (nSPS) is 13.3. The van der Waals surface area contributed by atoms with Gasteiger partial charge in [0.2, 0.25) is 0 Å². The summed E-state index contributed by atoms with van der Waals surface area (Å²) in [4.78, 5) is 14.3. The summed E-state index contributed by atoms with van der Waals surface area (Å²) >= 11 is 0. The van der Waals surface area contributed by atoms with E-state index in [1.54, 1.807) is 13.2 Å². The molecular formula is C22H23NO4. The van der Waals surface area contributed by atoms with Crippen LogP contribution in [-0.4, -0.2) is 13.8 Å². The molecule has 0 atom stereocenters. The Morgan fingerprint density at radius 1 is 1.19 bits per heavy atom. The molecule has 0 N–H and O–H groups in total. The number of methoxy groups -OCH3 is 1. The van der Waals surface area contributed by atoms with Crippen LogP contribution in [-0.2, 0) is 13.0 Å². The molecule has 5 heteroatoms. The van der Waals surface area contributed by atoms with Crippen molar-refractivity contribution in [1.82, 2.24) is 0 Å². The largest absolute Gasteiger partial charge is 0.497 e. The highest BCUT2D eigenvalue weighted by molar-refractivity contribution is 5.85. The fraction of sp³-hybridized carbons (Fsp3) is 0.318. The average Bonchev–Trinajstić information content (AvgIpc) is 2.71. The van der Waals surface area contributed by atoms with Crippen LogP contribution >= 0.6 is 0 Å². The molecule has 1 aliphatic rings. The molecule has 0 spiro atoms. The van der Waals surface area contributed by atoms with Gasteiger partial charge in [0.1, 0.15) is 17.1 Å². The zero-order valence-corrected chi connectivity index (χ0v) is 15.7. The third-order valence-electron chi connectivity index (χ3n) is 5.00. The van der Waals surface area contributed by atoms with E-state index in [0.29, 0.717) is 18.9 Å². The van der Waals surface area contributed by atoms with Gasteiger partial charge >= 0.3 is 5.63 Å². The molecule has 2 heterocycles. The molecule has 0 saturated carbocycles. The van der Waals surface area contributed by atoms with E-state index >= 15 is 0 Å². The van der Waals surface area contributed by atoms with Gasteiger partial charge in [-0.2, -0.15) is 0 Å². The van der Waals surface area contributed by atoms with Crippen LogP contribution in [0.1, 0.15) is 30.9 Å². The summed E-state index contributed by atoms with van der Waals surface area (Å²) in [5, 5.41) is 0.998. The molecule has 0 radical (unpaired) electrons. The van der Waals surface area contributed by atoms with Crippen LogP contribution in [0.5, 0.6) is 11.5 Å². The molecule has 0 saturated heterocycles. The molecule has 0 amide bonds. The molecule has 3 aromatic rings. The van der Waals surface area contributed by atoms with Crippen molar-refractivity contribution in [2.45, 2.75) is 32.7 Å². The monoisotopic (exact) mass is 365 g/mol. The number of ether oxygens (including phenoxy) is 2. The maximum Gasteiger partial charge on any atom is 0.336 e.